The zero-order valence-electron chi connectivity index (χ0n) is 21.3. The summed E-state index contributed by atoms with van der Waals surface area (Å²) in [7, 11) is 0. The van der Waals surface area contributed by atoms with Crippen LogP contribution in [-0.2, 0) is 28.9 Å². The molecular formula is C31H35NO4. The van der Waals surface area contributed by atoms with Crippen LogP contribution in [0.1, 0.15) is 60.7 Å². The third-order valence-corrected chi connectivity index (χ3v) is 6.30. The zero-order chi connectivity index (χ0) is 26.1. The first-order valence-corrected chi connectivity index (χ1v) is 12.6. The molecule has 1 atom stereocenters. The van der Waals surface area contributed by atoms with Gasteiger partial charge in [-0.3, -0.25) is 9.59 Å². The molecule has 5 heteroatoms. The molecule has 0 aliphatic rings. The molecule has 2 N–H and O–H groups in total. The Bertz CT molecular complexity index is 1160. The summed E-state index contributed by atoms with van der Waals surface area (Å²) in [4.78, 5) is 36.4. The summed E-state index contributed by atoms with van der Waals surface area (Å²) in [6.07, 6.45) is 4.25. The van der Waals surface area contributed by atoms with Crippen LogP contribution in [0.4, 0.5) is 0 Å². The van der Waals surface area contributed by atoms with E-state index in [1.165, 1.54) is 18.4 Å². The normalized spacial score (nSPS) is 11.8. The molecule has 3 aromatic carbocycles. The number of aliphatic carboxylic acids is 1. The smallest absolute Gasteiger partial charge is 0.326 e. The van der Waals surface area contributed by atoms with Crippen LogP contribution in [0.15, 0.2) is 72.8 Å². The van der Waals surface area contributed by atoms with Crippen molar-refractivity contribution in [1.82, 2.24) is 5.32 Å². The van der Waals surface area contributed by atoms with Crippen LogP contribution in [0.2, 0.25) is 0 Å². The van der Waals surface area contributed by atoms with E-state index in [4.69, 9.17) is 0 Å². The molecule has 0 aliphatic carbocycles. The van der Waals surface area contributed by atoms with Gasteiger partial charge in [0.05, 0.1) is 0 Å². The van der Waals surface area contributed by atoms with Gasteiger partial charge in [0.25, 0.3) is 5.91 Å². The molecule has 0 bridgehead atoms. The Morgan fingerprint density at radius 1 is 0.750 bits per heavy atom. The van der Waals surface area contributed by atoms with Gasteiger partial charge in [0, 0.05) is 18.4 Å². The number of hydrogen-bond donors (Lipinski definition) is 2. The van der Waals surface area contributed by atoms with Crippen LogP contribution < -0.4 is 5.32 Å². The quantitative estimate of drug-likeness (QED) is 0.335. The lowest BCUT2D eigenvalue weighted by atomic mass is 9.98. The summed E-state index contributed by atoms with van der Waals surface area (Å²) in [5.41, 5.74) is 5.65. The van der Waals surface area contributed by atoms with Crippen molar-refractivity contribution in [3.63, 3.8) is 0 Å². The number of benzene rings is 3. The average Bonchev–Trinajstić information content (AvgIpc) is 2.87. The molecule has 1 amide bonds. The van der Waals surface area contributed by atoms with E-state index in [9.17, 15) is 19.5 Å². The molecule has 0 heterocycles. The Labute approximate surface area is 213 Å². The van der Waals surface area contributed by atoms with Gasteiger partial charge < -0.3 is 10.4 Å². The van der Waals surface area contributed by atoms with Crippen molar-refractivity contribution in [2.24, 2.45) is 5.92 Å². The fourth-order valence-corrected chi connectivity index (χ4v) is 4.09. The minimum absolute atomic E-state index is 0.181. The molecule has 5 nitrogen and oxygen atoms in total. The SMILES string of the molecule is CCCCc1ccc(CC(=O)Cc2ccc(-c3ccc(C(=O)N[C@H](C(=O)O)C(C)C)cc3)cc2)cc1. The van der Waals surface area contributed by atoms with E-state index in [2.05, 4.69) is 36.5 Å². The van der Waals surface area contributed by atoms with E-state index in [1.54, 1.807) is 26.0 Å². The minimum Gasteiger partial charge on any atom is -0.480 e. The Morgan fingerprint density at radius 3 is 1.69 bits per heavy atom. The molecule has 3 rings (SSSR count). The molecule has 36 heavy (non-hydrogen) atoms. The number of nitrogens with one attached hydrogen (secondary N) is 1. The highest BCUT2D eigenvalue weighted by Crippen LogP contribution is 2.21. The molecular weight excluding hydrogens is 450 g/mol. The van der Waals surface area contributed by atoms with Crippen molar-refractivity contribution < 1.29 is 19.5 Å². The van der Waals surface area contributed by atoms with E-state index < -0.39 is 17.9 Å². The first kappa shape index (κ1) is 26.9. The molecule has 3 aromatic rings. The van der Waals surface area contributed by atoms with Crippen molar-refractivity contribution in [3.05, 3.63) is 95.1 Å². The summed E-state index contributed by atoms with van der Waals surface area (Å²) in [5.74, 6) is -1.49. The summed E-state index contributed by atoms with van der Waals surface area (Å²) in [5, 5.41) is 11.9. The van der Waals surface area contributed by atoms with Crippen LogP contribution >= 0.6 is 0 Å². The largest absolute Gasteiger partial charge is 0.480 e. The molecule has 0 radical (unpaired) electrons. The van der Waals surface area contributed by atoms with E-state index in [0.717, 1.165) is 28.7 Å². The average molecular weight is 486 g/mol. The zero-order valence-corrected chi connectivity index (χ0v) is 21.3. The van der Waals surface area contributed by atoms with Crippen molar-refractivity contribution in [1.29, 1.82) is 0 Å². The maximum atomic E-state index is 12.6. The van der Waals surface area contributed by atoms with Crippen LogP contribution in [0.25, 0.3) is 11.1 Å². The number of hydrogen-bond acceptors (Lipinski definition) is 3. The Morgan fingerprint density at radius 2 is 1.22 bits per heavy atom. The molecule has 0 unspecified atom stereocenters. The second-order valence-corrected chi connectivity index (χ2v) is 9.62. The first-order valence-electron chi connectivity index (χ1n) is 12.6. The van der Waals surface area contributed by atoms with Gasteiger partial charge in [0.1, 0.15) is 11.8 Å². The first-order chi connectivity index (χ1) is 17.3. The van der Waals surface area contributed by atoms with Crippen LogP contribution in [0.5, 0.6) is 0 Å². The van der Waals surface area contributed by atoms with Crippen molar-refractivity contribution >= 4 is 17.7 Å². The predicted molar refractivity (Wildman–Crippen MR) is 143 cm³/mol. The number of carbonyl (C=O) groups is 3. The van der Waals surface area contributed by atoms with Gasteiger partial charge in [0.2, 0.25) is 0 Å². The van der Waals surface area contributed by atoms with Gasteiger partial charge in [-0.15, -0.1) is 0 Å². The number of carboxylic acid groups (broad SMARTS) is 1. The van der Waals surface area contributed by atoms with Crippen LogP contribution in [0.3, 0.4) is 0 Å². The molecule has 0 saturated carbocycles. The van der Waals surface area contributed by atoms with E-state index >= 15 is 0 Å². The van der Waals surface area contributed by atoms with Crippen LogP contribution in [0, 0.1) is 5.92 Å². The highest BCUT2D eigenvalue weighted by molar-refractivity contribution is 5.97. The Balaban J connectivity index is 1.56. The number of rotatable bonds is 12. The number of carbonyl (C=O) groups excluding carboxylic acids is 2. The van der Waals surface area contributed by atoms with Gasteiger partial charge in [-0.25, -0.2) is 4.79 Å². The second-order valence-electron chi connectivity index (χ2n) is 9.62. The second kappa shape index (κ2) is 12.8. The lowest BCUT2D eigenvalue weighted by Crippen LogP contribution is -2.44. The summed E-state index contributed by atoms with van der Waals surface area (Å²) in [6.45, 7) is 5.69. The Kier molecular flexibility index (Phi) is 9.57. The summed E-state index contributed by atoms with van der Waals surface area (Å²) < 4.78 is 0. The fourth-order valence-electron chi connectivity index (χ4n) is 4.09. The van der Waals surface area contributed by atoms with Crippen molar-refractivity contribution in [2.75, 3.05) is 0 Å². The number of carboxylic acids is 1. The molecule has 0 aromatic heterocycles. The number of aryl methyl sites for hydroxylation is 1. The maximum absolute atomic E-state index is 12.6. The van der Waals surface area contributed by atoms with E-state index in [1.807, 2.05) is 36.4 Å². The summed E-state index contributed by atoms with van der Waals surface area (Å²) in [6, 6.07) is 22.3. The Hall–Kier alpha value is -3.73. The number of unbranched alkanes of at least 4 members (excludes halogenated alkanes) is 1. The third-order valence-electron chi connectivity index (χ3n) is 6.30. The lowest BCUT2D eigenvalue weighted by Gasteiger charge is -2.18. The van der Waals surface area contributed by atoms with Gasteiger partial charge >= 0.3 is 5.97 Å². The standard InChI is InChI=1S/C31H35NO4/c1-4-5-6-22-7-9-23(10-8-22)19-28(33)20-24-11-13-25(14-12-24)26-15-17-27(18-16-26)30(34)32-29(21(2)3)31(35)36/h7-18,21,29H,4-6,19-20H2,1-3H3,(H,32,34)(H,35,36)/t29-/m0/s1. The third kappa shape index (κ3) is 7.64. The minimum atomic E-state index is -1.05. The lowest BCUT2D eigenvalue weighted by molar-refractivity contribution is -0.140. The molecule has 0 saturated heterocycles. The number of Topliss-reactive ketones (excluding diaryl/α,β-unsaturated/α-hetero) is 1. The van der Waals surface area contributed by atoms with Crippen LogP contribution in [-0.4, -0.2) is 28.8 Å². The number of amides is 1. The van der Waals surface area contributed by atoms with Gasteiger partial charge in [0.15, 0.2) is 0 Å². The molecule has 188 valence electrons. The highest BCUT2D eigenvalue weighted by Gasteiger charge is 2.23. The van der Waals surface area contributed by atoms with Crippen molar-refractivity contribution in [3.8, 4) is 11.1 Å². The molecule has 0 spiro atoms. The fraction of sp³-hybridized carbons (Fsp3) is 0.323. The maximum Gasteiger partial charge on any atom is 0.326 e. The van der Waals surface area contributed by atoms with Gasteiger partial charge in [-0.1, -0.05) is 87.9 Å². The van der Waals surface area contributed by atoms with E-state index in [0.29, 0.717) is 18.4 Å². The van der Waals surface area contributed by atoms with E-state index in [-0.39, 0.29) is 11.7 Å². The van der Waals surface area contributed by atoms with Gasteiger partial charge in [-0.2, -0.15) is 0 Å². The topological polar surface area (TPSA) is 83.5 Å². The monoisotopic (exact) mass is 485 g/mol. The predicted octanol–water partition coefficient (Wildman–Crippen LogP) is 5.89. The summed E-state index contributed by atoms with van der Waals surface area (Å²) >= 11 is 0. The molecule has 0 fully saturated rings. The van der Waals surface area contributed by atoms with Crippen molar-refractivity contribution in [2.45, 2.75) is 58.9 Å². The molecule has 0 aliphatic heterocycles. The number of ketones is 1. The highest BCUT2D eigenvalue weighted by atomic mass is 16.4. The van der Waals surface area contributed by atoms with Gasteiger partial charge in [-0.05, 0) is 58.7 Å².